The fourth-order valence-corrected chi connectivity index (χ4v) is 0.988. The van der Waals surface area contributed by atoms with Crippen LogP contribution in [-0.4, -0.2) is 17.1 Å². The van der Waals surface area contributed by atoms with Gasteiger partial charge in [-0.3, -0.25) is 4.79 Å². The number of carboxylic acid groups (broad SMARTS) is 1. The number of carboxylic acids is 1. The smallest absolute Gasteiger partial charge is 0.325 e. The normalized spacial score (nSPS) is 11.3. The van der Waals surface area contributed by atoms with E-state index in [-0.39, 0.29) is 0 Å². The lowest BCUT2D eigenvalue weighted by Gasteiger charge is -2.10. The van der Waals surface area contributed by atoms with Gasteiger partial charge in [0.1, 0.15) is 6.04 Å². The minimum atomic E-state index is -0.922. The Morgan fingerprint density at radius 1 is 1.53 bits per heavy atom. The van der Waals surface area contributed by atoms with Crippen molar-refractivity contribution < 1.29 is 9.90 Å². The van der Waals surface area contributed by atoms with Crippen molar-refractivity contribution in [2.24, 2.45) is 5.11 Å². The summed E-state index contributed by atoms with van der Waals surface area (Å²) in [5, 5.41) is 14.8. The molecule has 0 aliphatic carbocycles. The molecule has 0 aliphatic rings. The quantitative estimate of drug-likeness (QED) is 0.449. The van der Waals surface area contributed by atoms with Crippen LogP contribution >= 0.6 is 0 Å². The van der Waals surface area contributed by atoms with E-state index >= 15 is 0 Å². The summed E-state index contributed by atoms with van der Waals surface area (Å²) in [6.07, 6.45) is 0. The highest BCUT2D eigenvalue weighted by molar-refractivity contribution is 5.76. The van der Waals surface area contributed by atoms with Crippen LogP contribution in [0.5, 0.6) is 0 Å². The lowest BCUT2D eigenvalue weighted by atomic mass is 10.2. The predicted octanol–water partition coefficient (Wildman–Crippen LogP) is 2.51. The summed E-state index contributed by atoms with van der Waals surface area (Å²) in [5.41, 5.74) is 9.33. The second-order valence-electron chi connectivity index (χ2n) is 2.94. The van der Waals surface area contributed by atoms with Gasteiger partial charge in [-0.2, -0.15) is 0 Å². The Morgan fingerprint density at radius 3 is 2.60 bits per heavy atom. The van der Waals surface area contributed by atoms with Crippen molar-refractivity contribution in [1.82, 2.24) is 0 Å². The Morgan fingerprint density at radius 2 is 2.13 bits per heavy atom. The maximum absolute atomic E-state index is 10.5. The molecule has 0 aromatic heterocycles. The van der Waals surface area contributed by atoms with Gasteiger partial charge in [0.15, 0.2) is 0 Å². The first kappa shape index (κ1) is 10.9. The molecule has 0 spiro atoms. The highest BCUT2D eigenvalue weighted by Crippen LogP contribution is 2.16. The van der Waals surface area contributed by atoms with Gasteiger partial charge in [0.2, 0.25) is 0 Å². The van der Waals surface area contributed by atoms with Gasteiger partial charge in [0.05, 0.1) is 0 Å². The monoisotopic (exact) mass is 206 g/mol. The van der Waals surface area contributed by atoms with E-state index in [4.69, 9.17) is 10.6 Å². The van der Waals surface area contributed by atoms with Crippen molar-refractivity contribution in [2.45, 2.75) is 13.0 Å². The fourth-order valence-electron chi connectivity index (χ4n) is 0.988. The van der Waals surface area contributed by atoms with Gasteiger partial charge < -0.3 is 10.4 Å². The minimum Gasteiger partial charge on any atom is -0.480 e. The average molecular weight is 206 g/mol. The van der Waals surface area contributed by atoms with Crippen LogP contribution in [-0.2, 0) is 4.79 Å². The molecule has 1 unspecified atom stereocenters. The molecule has 15 heavy (non-hydrogen) atoms. The van der Waals surface area contributed by atoms with E-state index in [0.717, 1.165) is 0 Å². The van der Waals surface area contributed by atoms with Crippen molar-refractivity contribution in [3.63, 3.8) is 0 Å². The summed E-state index contributed by atoms with van der Waals surface area (Å²) < 4.78 is 0. The maximum Gasteiger partial charge on any atom is 0.325 e. The van der Waals surface area contributed by atoms with Gasteiger partial charge in [-0.1, -0.05) is 17.2 Å². The number of azide groups is 1. The number of hydrogen-bond acceptors (Lipinski definition) is 3. The van der Waals surface area contributed by atoms with Crippen LogP contribution in [0.2, 0.25) is 0 Å². The molecular formula is C9H10N4O2. The van der Waals surface area contributed by atoms with E-state index in [1.807, 2.05) is 0 Å². The van der Waals surface area contributed by atoms with Gasteiger partial charge in [0, 0.05) is 16.3 Å². The van der Waals surface area contributed by atoms with E-state index in [9.17, 15) is 4.79 Å². The van der Waals surface area contributed by atoms with Crippen molar-refractivity contribution >= 4 is 17.3 Å². The summed E-state index contributed by atoms with van der Waals surface area (Å²) in [5.74, 6) is -0.922. The molecule has 0 amide bonds. The third kappa shape index (κ3) is 3.21. The van der Waals surface area contributed by atoms with Crippen molar-refractivity contribution in [1.29, 1.82) is 0 Å². The molecule has 1 atom stereocenters. The Hall–Kier alpha value is -2.20. The Kier molecular flexibility index (Phi) is 3.54. The zero-order valence-corrected chi connectivity index (χ0v) is 8.08. The third-order valence-electron chi connectivity index (χ3n) is 1.78. The number of benzene rings is 1. The predicted molar refractivity (Wildman–Crippen MR) is 56.0 cm³/mol. The number of carbonyl (C=O) groups is 1. The van der Waals surface area contributed by atoms with Crippen LogP contribution in [0.1, 0.15) is 6.92 Å². The first-order chi connectivity index (χ1) is 7.13. The lowest BCUT2D eigenvalue weighted by molar-refractivity contribution is -0.137. The van der Waals surface area contributed by atoms with Crippen molar-refractivity contribution in [3.8, 4) is 0 Å². The van der Waals surface area contributed by atoms with Crippen LogP contribution in [0.15, 0.2) is 29.4 Å². The number of rotatable bonds is 4. The fraction of sp³-hybridized carbons (Fsp3) is 0.222. The number of anilines is 1. The third-order valence-corrected chi connectivity index (χ3v) is 1.78. The summed E-state index contributed by atoms with van der Waals surface area (Å²) >= 11 is 0. The first-order valence-electron chi connectivity index (χ1n) is 4.28. The molecular weight excluding hydrogens is 196 g/mol. The molecule has 0 aliphatic heterocycles. The van der Waals surface area contributed by atoms with Crippen molar-refractivity contribution in [3.05, 3.63) is 34.7 Å². The molecule has 1 rings (SSSR count). The van der Waals surface area contributed by atoms with E-state index in [1.54, 1.807) is 31.2 Å². The first-order valence-corrected chi connectivity index (χ1v) is 4.28. The lowest BCUT2D eigenvalue weighted by Crippen LogP contribution is -2.25. The van der Waals surface area contributed by atoms with Crippen LogP contribution in [0.4, 0.5) is 11.4 Å². The van der Waals surface area contributed by atoms with Gasteiger partial charge in [-0.25, -0.2) is 0 Å². The van der Waals surface area contributed by atoms with Gasteiger partial charge in [-0.05, 0) is 24.6 Å². The molecule has 6 heteroatoms. The number of hydrogen-bond donors (Lipinski definition) is 2. The second kappa shape index (κ2) is 4.88. The standard InChI is InChI=1S/C9H10N4O2/c1-6(9(14)15)11-7-2-4-8(5-3-7)12-13-10/h2-6,11H,1H3,(H,14,15). The Bertz CT molecular complexity index is 395. The van der Waals surface area contributed by atoms with Crippen LogP contribution in [0.3, 0.4) is 0 Å². The Labute approximate surface area is 86.2 Å². The minimum absolute atomic E-state index is 0.492. The SMILES string of the molecule is CC(Nc1ccc(N=[N+]=[N-])cc1)C(=O)O. The molecule has 1 aromatic rings. The van der Waals surface area contributed by atoms with E-state index < -0.39 is 12.0 Å². The van der Waals surface area contributed by atoms with E-state index in [0.29, 0.717) is 11.4 Å². The largest absolute Gasteiger partial charge is 0.480 e. The molecule has 1 aromatic carbocycles. The number of nitrogens with one attached hydrogen (secondary N) is 1. The zero-order valence-electron chi connectivity index (χ0n) is 8.08. The number of nitrogens with zero attached hydrogens (tertiary/aromatic N) is 3. The van der Waals surface area contributed by atoms with Gasteiger partial charge in [-0.15, -0.1) is 0 Å². The summed E-state index contributed by atoms with van der Waals surface area (Å²) in [7, 11) is 0. The van der Waals surface area contributed by atoms with Crippen LogP contribution < -0.4 is 5.32 Å². The summed E-state index contributed by atoms with van der Waals surface area (Å²) in [6, 6.07) is 5.87. The molecule has 0 saturated carbocycles. The second-order valence-corrected chi connectivity index (χ2v) is 2.94. The summed E-state index contributed by atoms with van der Waals surface area (Å²) in [4.78, 5) is 13.2. The van der Waals surface area contributed by atoms with Crippen molar-refractivity contribution in [2.75, 3.05) is 5.32 Å². The summed E-state index contributed by atoms with van der Waals surface area (Å²) in [6.45, 7) is 1.55. The topological polar surface area (TPSA) is 98.1 Å². The maximum atomic E-state index is 10.5. The van der Waals surface area contributed by atoms with E-state index in [1.165, 1.54) is 0 Å². The zero-order chi connectivity index (χ0) is 11.3. The molecule has 0 saturated heterocycles. The van der Waals surface area contributed by atoms with Crippen LogP contribution in [0.25, 0.3) is 10.4 Å². The number of aliphatic carboxylic acids is 1. The van der Waals surface area contributed by atoms with Gasteiger partial charge in [0.25, 0.3) is 0 Å². The Balaban J connectivity index is 2.72. The molecule has 0 radical (unpaired) electrons. The average Bonchev–Trinajstić information content (AvgIpc) is 2.21. The van der Waals surface area contributed by atoms with E-state index in [2.05, 4.69) is 15.3 Å². The molecule has 2 N–H and O–H groups in total. The molecule has 6 nitrogen and oxygen atoms in total. The molecule has 78 valence electrons. The highest BCUT2D eigenvalue weighted by Gasteiger charge is 2.09. The highest BCUT2D eigenvalue weighted by atomic mass is 16.4. The van der Waals surface area contributed by atoms with Gasteiger partial charge >= 0.3 is 5.97 Å². The molecule has 0 heterocycles. The molecule has 0 bridgehead atoms. The van der Waals surface area contributed by atoms with Crippen LogP contribution in [0, 0.1) is 0 Å². The molecule has 0 fully saturated rings.